The Kier molecular flexibility index (Phi) is 7.21. The highest BCUT2D eigenvalue weighted by molar-refractivity contribution is 5.99. The number of benzene rings is 3. The van der Waals surface area contributed by atoms with E-state index in [2.05, 4.69) is 5.32 Å². The Bertz CT molecular complexity index is 1300. The molecule has 0 aliphatic carbocycles. The normalized spacial score (nSPS) is 10.6. The van der Waals surface area contributed by atoms with Crippen LogP contribution in [0.3, 0.4) is 0 Å². The molecular formula is C27H25FN4O3. The van der Waals surface area contributed by atoms with Crippen molar-refractivity contribution in [3.05, 3.63) is 96.3 Å². The molecule has 0 saturated heterocycles. The molecule has 3 aromatic carbocycles. The molecule has 7 nitrogen and oxygen atoms in total. The number of amides is 2. The molecule has 0 radical (unpaired) electrons. The van der Waals surface area contributed by atoms with Crippen LogP contribution in [0.2, 0.25) is 0 Å². The number of likely N-dealkylation sites (N-methyl/N-ethyl adjacent to an activating group) is 1. The Morgan fingerprint density at radius 3 is 2.31 bits per heavy atom. The number of hydrogen-bond donors (Lipinski definition) is 1. The molecule has 4 aromatic rings. The second-order valence-electron chi connectivity index (χ2n) is 7.77. The number of carbonyl (C=O) groups is 2. The molecule has 0 spiro atoms. The van der Waals surface area contributed by atoms with Crippen molar-refractivity contribution in [1.29, 1.82) is 0 Å². The van der Waals surface area contributed by atoms with Gasteiger partial charge in [0.25, 0.3) is 5.91 Å². The first-order valence-electron chi connectivity index (χ1n) is 11.1. The summed E-state index contributed by atoms with van der Waals surface area (Å²) < 4.78 is 20.1. The minimum absolute atomic E-state index is 0.166. The van der Waals surface area contributed by atoms with E-state index in [-0.39, 0.29) is 18.4 Å². The van der Waals surface area contributed by atoms with E-state index in [1.165, 1.54) is 29.2 Å². The fraction of sp³-hybridized carbons (Fsp3) is 0.148. The van der Waals surface area contributed by atoms with Gasteiger partial charge in [-0.05, 0) is 55.5 Å². The monoisotopic (exact) mass is 472 g/mol. The van der Waals surface area contributed by atoms with Crippen LogP contribution in [0.25, 0.3) is 16.9 Å². The summed E-state index contributed by atoms with van der Waals surface area (Å²) in [5.74, 6) is 0.00759. The highest BCUT2D eigenvalue weighted by atomic mass is 19.1. The van der Waals surface area contributed by atoms with Gasteiger partial charge in [0, 0.05) is 23.7 Å². The van der Waals surface area contributed by atoms with Crippen LogP contribution >= 0.6 is 0 Å². The molecule has 0 aliphatic rings. The maximum atomic E-state index is 13.2. The van der Waals surface area contributed by atoms with Crippen molar-refractivity contribution in [2.24, 2.45) is 0 Å². The fourth-order valence-electron chi connectivity index (χ4n) is 3.60. The zero-order chi connectivity index (χ0) is 24.8. The molecule has 35 heavy (non-hydrogen) atoms. The predicted octanol–water partition coefficient (Wildman–Crippen LogP) is 4.79. The smallest absolute Gasteiger partial charge is 0.254 e. The highest BCUT2D eigenvalue weighted by Crippen LogP contribution is 2.26. The molecule has 0 unspecified atom stereocenters. The molecule has 1 heterocycles. The third-order valence-corrected chi connectivity index (χ3v) is 5.46. The molecule has 0 fully saturated rings. The maximum Gasteiger partial charge on any atom is 0.254 e. The van der Waals surface area contributed by atoms with Crippen LogP contribution in [0, 0.1) is 5.82 Å². The van der Waals surface area contributed by atoms with Gasteiger partial charge in [-0.1, -0.05) is 30.3 Å². The fourth-order valence-corrected chi connectivity index (χ4v) is 3.60. The van der Waals surface area contributed by atoms with Crippen LogP contribution in [0.15, 0.2) is 84.9 Å². The van der Waals surface area contributed by atoms with Crippen LogP contribution in [-0.4, -0.2) is 46.7 Å². The van der Waals surface area contributed by atoms with Gasteiger partial charge in [-0.25, -0.2) is 9.07 Å². The topological polar surface area (TPSA) is 76.5 Å². The van der Waals surface area contributed by atoms with E-state index in [4.69, 9.17) is 9.84 Å². The molecule has 0 saturated carbocycles. The molecule has 1 aromatic heterocycles. The lowest BCUT2D eigenvalue weighted by molar-refractivity contribution is -0.116. The number of nitrogens with one attached hydrogen (secondary N) is 1. The quantitative estimate of drug-likeness (QED) is 0.400. The van der Waals surface area contributed by atoms with Gasteiger partial charge >= 0.3 is 0 Å². The number of methoxy groups -OCH3 is 1. The van der Waals surface area contributed by atoms with Crippen molar-refractivity contribution in [3.63, 3.8) is 0 Å². The van der Waals surface area contributed by atoms with Gasteiger partial charge in [0.05, 0.1) is 18.5 Å². The van der Waals surface area contributed by atoms with Crippen molar-refractivity contribution < 1.29 is 18.7 Å². The average Bonchev–Trinajstić information content (AvgIpc) is 3.31. The number of hydrogen-bond acceptors (Lipinski definition) is 4. The van der Waals surface area contributed by atoms with E-state index in [0.29, 0.717) is 29.4 Å². The highest BCUT2D eigenvalue weighted by Gasteiger charge is 2.20. The summed E-state index contributed by atoms with van der Waals surface area (Å²) in [6, 6.07) is 24.0. The first kappa shape index (κ1) is 23.7. The molecule has 178 valence electrons. The Morgan fingerprint density at radius 2 is 1.69 bits per heavy atom. The average molecular weight is 473 g/mol. The molecule has 0 atom stereocenters. The molecule has 0 aliphatic heterocycles. The lowest BCUT2D eigenvalue weighted by atomic mass is 10.1. The number of aromatic nitrogens is 2. The summed E-state index contributed by atoms with van der Waals surface area (Å²) in [6.07, 6.45) is 0. The Balaban J connectivity index is 1.58. The maximum absolute atomic E-state index is 13.2. The number of carbonyl (C=O) groups excluding carboxylic acids is 2. The third kappa shape index (κ3) is 5.55. The van der Waals surface area contributed by atoms with Gasteiger partial charge in [-0.3, -0.25) is 9.59 Å². The summed E-state index contributed by atoms with van der Waals surface area (Å²) in [6.45, 7) is 1.93. The van der Waals surface area contributed by atoms with Gasteiger partial charge in [0.2, 0.25) is 5.91 Å². The zero-order valence-corrected chi connectivity index (χ0v) is 19.4. The van der Waals surface area contributed by atoms with E-state index in [9.17, 15) is 14.0 Å². The van der Waals surface area contributed by atoms with Crippen molar-refractivity contribution in [1.82, 2.24) is 14.7 Å². The van der Waals surface area contributed by atoms with Gasteiger partial charge < -0.3 is 15.0 Å². The standard InChI is InChI=1S/C27H25FN4O3/c1-3-31(27(34)20-9-11-21(28)12-10-20)18-26(33)29-25-17-24(19-7-5-4-6-8-19)30-32(25)22-13-15-23(35-2)16-14-22/h4-17H,3,18H2,1-2H3,(H,29,33). The van der Waals surface area contributed by atoms with Gasteiger partial charge in [-0.15, -0.1) is 0 Å². The van der Waals surface area contributed by atoms with Crippen LogP contribution in [0.4, 0.5) is 10.2 Å². The van der Waals surface area contributed by atoms with E-state index in [0.717, 1.165) is 11.3 Å². The zero-order valence-electron chi connectivity index (χ0n) is 19.4. The lowest BCUT2D eigenvalue weighted by Crippen LogP contribution is -2.38. The molecule has 8 heteroatoms. The van der Waals surface area contributed by atoms with Crippen LogP contribution in [-0.2, 0) is 4.79 Å². The SMILES string of the molecule is CCN(CC(=O)Nc1cc(-c2ccccc2)nn1-c1ccc(OC)cc1)C(=O)c1ccc(F)cc1. The largest absolute Gasteiger partial charge is 0.497 e. The molecule has 0 bridgehead atoms. The van der Waals surface area contributed by atoms with Crippen molar-refractivity contribution in [2.75, 3.05) is 25.5 Å². The Labute approximate surface area is 202 Å². The summed E-state index contributed by atoms with van der Waals surface area (Å²) in [7, 11) is 1.59. The minimum Gasteiger partial charge on any atom is -0.497 e. The van der Waals surface area contributed by atoms with Crippen LogP contribution in [0.5, 0.6) is 5.75 Å². The van der Waals surface area contributed by atoms with E-state index in [1.807, 2.05) is 54.6 Å². The summed E-state index contributed by atoms with van der Waals surface area (Å²) >= 11 is 0. The van der Waals surface area contributed by atoms with E-state index in [1.54, 1.807) is 24.8 Å². The van der Waals surface area contributed by atoms with Crippen molar-refractivity contribution in [2.45, 2.75) is 6.92 Å². The first-order valence-corrected chi connectivity index (χ1v) is 11.1. The summed E-state index contributed by atoms with van der Waals surface area (Å²) in [5.41, 5.74) is 2.64. The van der Waals surface area contributed by atoms with Crippen LogP contribution in [0.1, 0.15) is 17.3 Å². The lowest BCUT2D eigenvalue weighted by Gasteiger charge is -2.20. The van der Waals surface area contributed by atoms with E-state index < -0.39 is 5.82 Å². The molecule has 1 N–H and O–H groups in total. The predicted molar refractivity (Wildman–Crippen MR) is 132 cm³/mol. The molecule has 2 amide bonds. The summed E-state index contributed by atoms with van der Waals surface area (Å²) in [4.78, 5) is 27.2. The summed E-state index contributed by atoms with van der Waals surface area (Å²) in [5, 5.41) is 7.58. The van der Waals surface area contributed by atoms with Crippen molar-refractivity contribution >= 4 is 17.6 Å². The number of nitrogens with zero attached hydrogens (tertiary/aromatic N) is 3. The van der Waals surface area contributed by atoms with Gasteiger partial charge in [-0.2, -0.15) is 5.10 Å². The Morgan fingerprint density at radius 1 is 1.00 bits per heavy atom. The first-order chi connectivity index (χ1) is 17.0. The minimum atomic E-state index is -0.427. The molecule has 4 rings (SSSR count). The number of halogens is 1. The second kappa shape index (κ2) is 10.6. The van der Waals surface area contributed by atoms with Gasteiger partial charge in [0.15, 0.2) is 0 Å². The van der Waals surface area contributed by atoms with Crippen LogP contribution < -0.4 is 10.1 Å². The second-order valence-corrected chi connectivity index (χ2v) is 7.77. The number of anilines is 1. The number of rotatable bonds is 8. The Hall–Kier alpha value is -4.46. The number of ether oxygens (including phenoxy) is 1. The van der Waals surface area contributed by atoms with Crippen molar-refractivity contribution in [3.8, 4) is 22.7 Å². The van der Waals surface area contributed by atoms with E-state index >= 15 is 0 Å². The third-order valence-electron chi connectivity index (χ3n) is 5.46. The molecular weight excluding hydrogens is 447 g/mol. The van der Waals surface area contributed by atoms with Gasteiger partial charge in [0.1, 0.15) is 23.9 Å².